The summed E-state index contributed by atoms with van der Waals surface area (Å²) in [5.41, 5.74) is 4.59. The highest BCUT2D eigenvalue weighted by atomic mass is 16.5. The Hall–Kier alpha value is -2.66. The van der Waals surface area contributed by atoms with E-state index >= 15 is 0 Å². The average molecular weight is 353 g/mol. The molecule has 26 heavy (non-hydrogen) atoms. The van der Waals surface area contributed by atoms with Gasteiger partial charge >= 0.3 is 6.09 Å². The van der Waals surface area contributed by atoms with Crippen LogP contribution in [-0.4, -0.2) is 36.2 Å². The fourth-order valence-electron chi connectivity index (χ4n) is 3.48. The molecule has 2 aromatic carbocycles. The molecule has 136 valence electrons. The van der Waals surface area contributed by atoms with Gasteiger partial charge in [-0.3, -0.25) is 4.79 Å². The van der Waals surface area contributed by atoms with Crippen molar-refractivity contribution in [2.75, 3.05) is 13.2 Å². The third kappa shape index (κ3) is 3.48. The maximum absolute atomic E-state index is 12.2. The number of ketones is 1. The highest BCUT2D eigenvalue weighted by molar-refractivity contribution is 5.88. The van der Waals surface area contributed by atoms with Crippen LogP contribution in [0.3, 0.4) is 0 Å². The fourth-order valence-corrected chi connectivity index (χ4v) is 3.48. The molecule has 0 aromatic heterocycles. The minimum Gasteiger partial charge on any atom is -0.449 e. The number of fused-ring (bicyclic) bond motifs is 3. The zero-order valence-electron chi connectivity index (χ0n) is 14.9. The van der Waals surface area contributed by atoms with E-state index in [1.54, 1.807) is 0 Å². The van der Waals surface area contributed by atoms with Crippen LogP contribution in [0.5, 0.6) is 0 Å². The van der Waals surface area contributed by atoms with Crippen molar-refractivity contribution in [2.24, 2.45) is 5.92 Å². The predicted octanol–water partition coefficient (Wildman–Crippen LogP) is 3.11. The smallest absolute Gasteiger partial charge is 0.407 e. The molecule has 2 aromatic rings. The summed E-state index contributed by atoms with van der Waals surface area (Å²) in [5.74, 6) is -0.581. The maximum Gasteiger partial charge on any atom is 0.407 e. The van der Waals surface area contributed by atoms with E-state index in [-0.39, 0.29) is 18.4 Å². The summed E-state index contributed by atoms with van der Waals surface area (Å²) in [7, 11) is 0. The molecule has 0 unspecified atom stereocenters. The Morgan fingerprint density at radius 3 is 2.08 bits per heavy atom. The summed E-state index contributed by atoms with van der Waals surface area (Å²) in [6, 6.07) is 15.4. The fraction of sp³-hybridized carbons (Fsp3) is 0.333. The van der Waals surface area contributed by atoms with Gasteiger partial charge in [0.2, 0.25) is 0 Å². The summed E-state index contributed by atoms with van der Waals surface area (Å²) in [5, 5.41) is 11.6. The third-order valence-corrected chi connectivity index (χ3v) is 4.79. The van der Waals surface area contributed by atoms with Crippen LogP contribution in [0, 0.1) is 5.92 Å². The first-order chi connectivity index (χ1) is 12.5. The van der Waals surface area contributed by atoms with Gasteiger partial charge in [0.05, 0.1) is 6.04 Å². The van der Waals surface area contributed by atoms with Crippen molar-refractivity contribution < 1.29 is 19.4 Å². The summed E-state index contributed by atoms with van der Waals surface area (Å²) in [4.78, 5) is 23.9. The number of aliphatic hydroxyl groups is 1. The first-order valence-corrected chi connectivity index (χ1v) is 8.78. The van der Waals surface area contributed by atoms with Crippen molar-refractivity contribution >= 4 is 11.9 Å². The van der Waals surface area contributed by atoms with Gasteiger partial charge in [-0.1, -0.05) is 62.4 Å². The Kier molecular flexibility index (Phi) is 5.38. The summed E-state index contributed by atoms with van der Waals surface area (Å²) < 4.78 is 5.43. The molecule has 2 N–H and O–H groups in total. The van der Waals surface area contributed by atoms with Gasteiger partial charge in [0.15, 0.2) is 5.78 Å². The largest absolute Gasteiger partial charge is 0.449 e. The lowest BCUT2D eigenvalue weighted by Crippen LogP contribution is -2.46. The summed E-state index contributed by atoms with van der Waals surface area (Å²) in [6.07, 6.45) is -0.646. The van der Waals surface area contributed by atoms with E-state index in [0.29, 0.717) is 0 Å². The first-order valence-electron chi connectivity index (χ1n) is 8.78. The van der Waals surface area contributed by atoms with Crippen LogP contribution in [0.1, 0.15) is 30.9 Å². The molecule has 0 saturated carbocycles. The molecular weight excluding hydrogens is 330 g/mol. The lowest BCUT2D eigenvalue weighted by Gasteiger charge is -2.21. The number of amides is 1. The third-order valence-electron chi connectivity index (χ3n) is 4.79. The second-order valence-electron chi connectivity index (χ2n) is 6.82. The van der Waals surface area contributed by atoms with E-state index in [1.165, 1.54) is 0 Å². The van der Waals surface area contributed by atoms with E-state index < -0.39 is 24.5 Å². The van der Waals surface area contributed by atoms with Crippen molar-refractivity contribution in [3.63, 3.8) is 0 Å². The number of ether oxygens (including phenoxy) is 1. The van der Waals surface area contributed by atoms with Gasteiger partial charge in [-0.05, 0) is 28.2 Å². The SMILES string of the molecule is CC(C)[C@H](NC(=O)OCC1c2ccccc2-c2ccccc21)C(=O)CO. The number of hydrogen-bond acceptors (Lipinski definition) is 4. The number of carbonyl (C=O) groups is 2. The Bertz CT molecular complexity index is 770. The molecular formula is C21H23NO4. The van der Waals surface area contributed by atoms with Crippen LogP contribution in [0.4, 0.5) is 4.79 Å². The molecule has 0 heterocycles. The van der Waals surface area contributed by atoms with Gasteiger partial charge in [0, 0.05) is 5.92 Å². The van der Waals surface area contributed by atoms with Crippen molar-refractivity contribution in [2.45, 2.75) is 25.8 Å². The van der Waals surface area contributed by atoms with E-state index in [4.69, 9.17) is 9.84 Å². The van der Waals surface area contributed by atoms with Gasteiger partial charge in [-0.2, -0.15) is 0 Å². The lowest BCUT2D eigenvalue weighted by atomic mass is 9.98. The van der Waals surface area contributed by atoms with Crippen molar-refractivity contribution in [3.8, 4) is 11.1 Å². The molecule has 3 rings (SSSR count). The number of Topliss-reactive ketones (excluding diaryl/α,β-unsaturated/α-hetero) is 1. The van der Waals surface area contributed by atoms with Gasteiger partial charge < -0.3 is 15.2 Å². The Balaban J connectivity index is 1.72. The number of carbonyl (C=O) groups excluding carboxylic acids is 2. The normalized spacial score (nSPS) is 13.8. The van der Waals surface area contributed by atoms with Crippen molar-refractivity contribution in [3.05, 3.63) is 59.7 Å². The van der Waals surface area contributed by atoms with Crippen LogP contribution in [-0.2, 0) is 9.53 Å². The molecule has 5 nitrogen and oxygen atoms in total. The number of rotatable bonds is 6. The molecule has 0 saturated heterocycles. The van der Waals surface area contributed by atoms with Crippen molar-refractivity contribution in [1.29, 1.82) is 0 Å². The molecule has 0 aliphatic heterocycles. The Labute approximate surface area is 153 Å². The molecule has 0 bridgehead atoms. The monoisotopic (exact) mass is 353 g/mol. The summed E-state index contributed by atoms with van der Waals surface area (Å²) in [6.45, 7) is 3.20. The number of alkyl carbamates (subject to hydrolysis) is 1. The molecule has 1 amide bonds. The molecule has 5 heteroatoms. The van der Waals surface area contributed by atoms with Crippen molar-refractivity contribution in [1.82, 2.24) is 5.32 Å². The molecule has 0 spiro atoms. The lowest BCUT2D eigenvalue weighted by molar-refractivity contribution is -0.124. The van der Waals surface area contributed by atoms with Crippen LogP contribution >= 0.6 is 0 Å². The number of benzene rings is 2. The Morgan fingerprint density at radius 1 is 1.04 bits per heavy atom. The standard InChI is InChI=1S/C21H23NO4/c1-13(2)20(19(24)11-23)22-21(25)26-12-18-16-9-5-3-7-14(16)15-8-4-6-10-17(15)18/h3-10,13,18,20,23H,11-12H2,1-2H3,(H,22,25)/t20-/m0/s1. The van der Waals surface area contributed by atoms with Crippen LogP contribution in [0.15, 0.2) is 48.5 Å². The number of hydrogen-bond donors (Lipinski definition) is 2. The van der Waals surface area contributed by atoms with Gasteiger partial charge in [-0.25, -0.2) is 4.79 Å². The van der Waals surface area contributed by atoms with Crippen LogP contribution in [0.25, 0.3) is 11.1 Å². The first kappa shape index (κ1) is 18.1. The van der Waals surface area contributed by atoms with Gasteiger partial charge in [0.1, 0.15) is 13.2 Å². The minimum atomic E-state index is -0.754. The zero-order chi connectivity index (χ0) is 18.7. The van der Waals surface area contributed by atoms with E-state index in [0.717, 1.165) is 22.3 Å². The summed E-state index contributed by atoms with van der Waals surface area (Å²) >= 11 is 0. The molecule has 1 aliphatic carbocycles. The van der Waals surface area contributed by atoms with E-state index in [2.05, 4.69) is 17.4 Å². The van der Waals surface area contributed by atoms with Crippen LogP contribution < -0.4 is 5.32 Å². The highest BCUT2D eigenvalue weighted by Gasteiger charge is 2.30. The van der Waals surface area contributed by atoms with E-state index in [9.17, 15) is 9.59 Å². The van der Waals surface area contributed by atoms with Gasteiger partial charge in [0.25, 0.3) is 0 Å². The Morgan fingerprint density at radius 2 is 1.58 bits per heavy atom. The number of aliphatic hydroxyl groups excluding tert-OH is 1. The highest BCUT2D eigenvalue weighted by Crippen LogP contribution is 2.44. The maximum atomic E-state index is 12.2. The van der Waals surface area contributed by atoms with E-state index in [1.807, 2.05) is 50.2 Å². The molecule has 1 atom stereocenters. The second kappa shape index (κ2) is 7.70. The van der Waals surface area contributed by atoms with Crippen LogP contribution in [0.2, 0.25) is 0 Å². The molecule has 1 aliphatic rings. The topological polar surface area (TPSA) is 75.6 Å². The quantitative estimate of drug-likeness (QED) is 0.837. The molecule has 0 fully saturated rings. The predicted molar refractivity (Wildman–Crippen MR) is 98.9 cm³/mol. The number of nitrogens with one attached hydrogen (secondary N) is 1. The van der Waals surface area contributed by atoms with Gasteiger partial charge in [-0.15, -0.1) is 0 Å². The zero-order valence-corrected chi connectivity index (χ0v) is 14.9. The second-order valence-corrected chi connectivity index (χ2v) is 6.82. The minimum absolute atomic E-state index is 0.0285. The molecule has 0 radical (unpaired) electrons. The average Bonchev–Trinajstić information content (AvgIpc) is 2.97.